The Hall–Kier alpha value is -2.83. The maximum absolute atomic E-state index is 13.8. The molecule has 0 saturated heterocycles. The van der Waals surface area contributed by atoms with Crippen LogP contribution in [0.25, 0.3) is 16.9 Å². The lowest BCUT2D eigenvalue weighted by Crippen LogP contribution is -2.01. The van der Waals surface area contributed by atoms with Gasteiger partial charge in [0.15, 0.2) is 5.65 Å². The summed E-state index contributed by atoms with van der Waals surface area (Å²) in [5.74, 6) is -2.73. The summed E-state index contributed by atoms with van der Waals surface area (Å²) in [6.07, 6.45) is 2.37. The number of aromatic nitrogens is 3. The average Bonchev–Trinajstić information content (AvgIpc) is 2.83. The zero-order valence-corrected chi connectivity index (χ0v) is 9.92. The van der Waals surface area contributed by atoms with Gasteiger partial charge in [0.05, 0.1) is 17.5 Å². The van der Waals surface area contributed by atoms with Crippen LogP contribution in [0.1, 0.15) is 10.4 Å². The van der Waals surface area contributed by atoms with Crippen LogP contribution in [0.3, 0.4) is 0 Å². The van der Waals surface area contributed by atoms with Gasteiger partial charge in [0.25, 0.3) is 0 Å². The fraction of sp³-hybridized carbons (Fsp3) is 0. The number of rotatable bonds is 2. The van der Waals surface area contributed by atoms with E-state index in [1.54, 1.807) is 0 Å². The molecule has 5 nitrogen and oxygen atoms in total. The summed E-state index contributed by atoms with van der Waals surface area (Å²) in [6.45, 7) is 0. The number of carbonyl (C=O) groups is 1. The fourth-order valence-electron chi connectivity index (χ4n) is 1.97. The zero-order chi connectivity index (χ0) is 14.3. The largest absolute Gasteiger partial charge is 0.477 e. The number of carboxylic acid groups (broad SMARTS) is 1. The van der Waals surface area contributed by atoms with Crippen LogP contribution in [0.15, 0.2) is 36.7 Å². The molecule has 100 valence electrons. The number of aromatic carboxylic acids is 1. The molecule has 0 bridgehead atoms. The van der Waals surface area contributed by atoms with Gasteiger partial charge in [-0.25, -0.2) is 23.1 Å². The molecule has 0 aliphatic rings. The van der Waals surface area contributed by atoms with Crippen molar-refractivity contribution in [2.45, 2.75) is 0 Å². The van der Waals surface area contributed by atoms with Crippen LogP contribution >= 0.6 is 0 Å². The van der Waals surface area contributed by atoms with Crippen molar-refractivity contribution in [2.24, 2.45) is 0 Å². The second-order valence-electron chi connectivity index (χ2n) is 4.03. The van der Waals surface area contributed by atoms with E-state index in [0.717, 1.165) is 22.8 Å². The van der Waals surface area contributed by atoms with Crippen molar-refractivity contribution in [3.05, 3.63) is 53.9 Å². The molecule has 0 radical (unpaired) electrons. The Balaban J connectivity index is 2.36. The normalized spacial score (nSPS) is 10.9. The van der Waals surface area contributed by atoms with E-state index in [1.807, 2.05) is 0 Å². The Morgan fingerprint density at radius 3 is 2.55 bits per heavy atom. The maximum Gasteiger partial charge on any atom is 0.341 e. The van der Waals surface area contributed by atoms with Gasteiger partial charge in [0.2, 0.25) is 0 Å². The minimum atomic E-state index is -1.21. The van der Waals surface area contributed by atoms with Crippen LogP contribution in [0, 0.1) is 11.6 Å². The standard InChI is InChI=1S/C13H7F2N3O2/c14-8-2-1-3-9(15)11(8)10-4-5-16-12-7(13(19)20)6-17-18(10)12/h1-6H,(H,19,20). The summed E-state index contributed by atoms with van der Waals surface area (Å²) in [4.78, 5) is 14.9. The number of halogens is 2. The van der Waals surface area contributed by atoms with Crippen molar-refractivity contribution in [3.63, 3.8) is 0 Å². The van der Waals surface area contributed by atoms with Gasteiger partial charge < -0.3 is 5.11 Å². The molecule has 0 spiro atoms. The van der Waals surface area contributed by atoms with Crippen molar-refractivity contribution < 1.29 is 18.7 Å². The number of fused-ring (bicyclic) bond motifs is 1. The summed E-state index contributed by atoms with van der Waals surface area (Å²) in [7, 11) is 0. The molecule has 0 amide bonds. The Labute approximate surface area is 111 Å². The highest BCUT2D eigenvalue weighted by Gasteiger charge is 2.18. The summed E-state index contributed by atoms with van der Waals surface area (Å²) >= 11 is 0. The molecule has 0 aliphatic carbocycles. The SMILES string of the molecule is O=C(O)c1cnn2c(-c3c(F)cccc3F)ccnc12. The highest BCUT2D eigenvalue weighted by atomic mass is 19.1. The molecule has 3 aromatic rings. The number of carboxylic acids is 1. The molecule has 0 aliphatic heterocycles. The zero-order valence-electron chi connectivity index (χ0n) is 9.92. The van der Waals surface area contributed by atoms with Gasteiger partial charge in [0, 0.05) is 6.20 Å². The molecule has 20 heavy (non-hydrogen) atoms. The van der Waals surface area contributed by atoms with E-state index in [1.165, 1.54) is 18.3 Å². The molecule has 0 atom stereocenters. The lowest BCUT2D eigenvalue weighted by molar-refractivity contribution is 0.0699. The lowest BCUT2D eigenvalue weighted by Gasteiger charge is -2.07. The van der Waals surface area contributed by atoms with Crippen LogP contribution in [0.2, 0.25) is 0 Å². The molecular weight excluding hydrogens is 268 g/mol. The topological polar surface area (TPSA) is 67.5 Å². The molecule has 7 heteroatoms. The van der Waals surface area contributed by atoms with E-state index in [2.05, 4.69) is 10.1 Å². The van der Waals surface area contributed by atoms with Crippen LogP contribution in [0.5, 0.6) is 0 Å². The third kappa shape index (κ3) is 1.71. The smallest absolute Gasteiger partial charge is 0.341 e. The average molecular weight is 275 g/mol. The lowest BCUT2D eigenvalue weighted by atomic mass is 10.1. The Kier molecular flexibility index (Phi) is 2.67. The van der Waals surface area contributed by atoms with Crippen LogP contribution in [-0.4, -0.2) is 25.7 Å². The van der Waals surface area contributed by atoms with E-state index in [4.69, 9.17) is 5.11 Å². The van der Waals surface area contributed by atoms with Crippen LogP contribution in [-0.2, 0) is 0 Å². The van der Waals surface area contributed by atoms with E-state index in [0.29, 0.717) is 0 Å². The van der Waals surface area contributed by atoms with Gasteiger partial charge in [-0.2, -0.15) is 5.10 Å². The van der Waals surface area contributed by atoms with E-state index in [9.17, 15) is 13.6 Å². The predicted octanol–water partition coefficient (Wildman–Crippen LogP) is 2.37. The number of benzene rings is 1. The second kappa shape index (κ2) is 4.37. The first-order chi connectivity index (χ1) is 9.59. The first kappa shape index (κ1) is 12.2. The molecule has 1 N–H and O–H groups in total. The van der Waals surface area contributed by atoms with Gasteiger partial charge in [-0.15, -0.1) is 0 Å². The van der Waals surface area contributed by atoms with Crippen molar-refractivity contribution in [2.75, 3.05) is 0 Å². The highest BCUT2D eigenvalue weighted by molar-refractivity contribution is 5.94. The minimum Gasteiger partial charge on any atom is -0.477 e. The van der Waals surface area contributed by atoms with E-state index in [-0.39, 0.29) is 22.5 Å². The number of hydrogen-bond donors (Lipinski definition) is 1. The van der Waals surface area contributed by atoms with E-state index < -0.39 is 17.6 Å². The molecule has 3 rings (SSSR count). The molecular formula is C13H7F2N3O2. The van der Waals surface area contributed by atoms with Crippen molar-refractivity contribution in [3.8, 4) is 11.3 Å². The summed E-state index contributed by atoms with van der Waals surface area (Å²) in [6, 6.07) is 4.85. The first-order valence-corrected chi connectivity index (χ1v) is 5.60. The third-order valence-electron chi connectivity index (χ3n) is 2.85. The summed E-state index contributed by atoms with van der Waals surface area (Å²) in [5.41, 5.74) is -0.292. The minimum absolute atomic E-state index is 0.0256. The number of nitrogens with zero attached hydrogens (tertiary/aromatic N) is 3. The Morgan fingerprint density at radius 1 is 1.20 bits per heavy atom. The fourth-order valence-corrected chi connectivity index (χ4v) is 1.97. The van der Waals surface area contributed by atoms with Crippen molar-refractivity contribution >= 4 is 11.6 Å². The van der Waals surface area contributed by atoms with Gasteiger partial charge in [0.1, 0.15) is 17.2 Å². The first-order valence-electron chi connectivity index (χ1n) is 5.60. The summed E-state index contributed by atoms with van der Waals surface area (Å²) in [5, 5.41) is 12.8. The Bertz CT molecular complexity index is 809. The highest BCUT2D eigenvalue weighted by Crippen LogP contribution is 2.26. The Morgan fingerprint density at radius 2 is 1.90 bits per heavy atom. The molecule has 1 aromatic carbocycles. The molecule has 2 aromatic heterocycles. The molecule has 2 heterocycles. The van der Waals surface area contributed by atoms with Crippen LogP contribution in [0.4, 0.5) is 8.78 Å². The second-order valence-corrected chi connectivity index (χ2v) is 4.03. The molecule has 0 saturated carbocycles. The van der Waals surface area contributed by atoms with Gasteiger partial charge in [-0.05, 0) is 18.2 Å². The monoisotopic (exact) mass is 275 g/mol. The molecule has 0 fully saturated rings. The van der Waals surface area contributed by atoms with Crippen molar-refractivity contribution in [1.29, 1.82) is 0 Å². The predicted molar refractivity (Wildman–Crippen MR) is 65.3 cm³/mol. The molecule has 0 unspecified atom stereocenters. The number of hydrogen-bond acceptors (Lipinski definition) is 3. The van der Waals surface area contributed by atoms with Crippen LogP contribution < -0.4 is 0 Å². The summed E-state index contributed by atoms with van der Waals surface area (Å²) < 4.78 is 28.7. The maximum atomic E-state index is 13.8. The van der Waals surface area contributed by atoms with Gasteiger partial charge in [-0.3, -0.25) is 0 Å². The van der Waals surface area contributed by atoms with E-state index >= 15 is 0 Å². The van der Waals surface area contributed by atoms with Gasteiger partial charge >= 0.3 is 5.97 Å². The quantitative estimate of drug-likeness (QED) is 0.779. The van der Waals surface area contributed by atoms with Gasteiger partial charge in [-0.1, -0.05) is 6.07 Å². The third-order valence-corrected chi connectivity index (χ3v) is 2.85. The van der Waals surface area contributed by atoms with Crippen molar-refractivity contribution in [1.82, 2.24) is 14.6 Å².